The van der Waals surface area contributed by atoms with Crippen LogP contribution in [0.25, 0.3) is 0 Å². The van der Waals surface area contributed by atoms with Crippen LogP contribution in [0.2, 0.25) is 0 Å². The zero-order valence-electron chi connectivity index (χ0n) is 10.6. The van der Waals surface area contributed by atoms with E-state index in [0.717, 1.165) is 0 Å². The molecule has 0 aliphatic carbocycles. The van der Waals surface area contributed by atoms with Crippen LogP contribution < -0.4 is 10.6 Å². The molecular formula is C11H19N3O4. The van der Waals surface area contributed by atoms with Crippen LogP contribution in [0.15, 0.2) is 0 Å². The second kappa shape index (κ2) is 6.23. The predicted octanol–water partition coefficient (Wildman–Crippen LogP) is -0.373. The lowest BCUT2D eigenvalue weighted by molar-refractivity contribution is -0.143. The fourth-order valence-electron chi connectivity index (χ4n) is 1.89. The molecule has 1 rings (SSSR count). The number of carbonyl (C=O) groups excluding carboxylic acids is 2. The molecule has 3 N–H and O–H groups in total. The Bertz CT molecular complexity index is 337. The first kappa shape index (κ1) is 14.3. The number of carboxylic acids is 1. The Balaban J connectivity index is 2.41. The Morgan fingerprint density at radius 1 is 1.28 bits per heavy atom. The SMILES string of the molecule is CNC(=O)C(C)NC(=O)N1CCC(C(=O)O)CC1. The highest BCUT2D eigenvalue weighted by Crippen LogP contribution is 2.17. The molecule has 1 fully saturated rings. The molecule has 7 heteroatoms. The van der Waals surface area contributed by atoms with Crippen molar-refractivity contribution in [2.45, 2.75) is 25.8 Å². The third kappa shape index (κ3) is 3.61. The topological polar surface area (TPSA) is 98.7 Å². The smallest absolute Gasteiger partial charge is 0.318 e. The lowest BCUT2D eigenvalue weighted by atomic mass is 9.97. The Labute approximate surface area is 106 Å². The molecule has 0 radical (unpaired) electrons. The van der Waals surface area contributed by atoms with E-state index in [1.165, 1.54) is 7.05 Å². The summed E-state index contributed by atoms with van der Waals surface area (Å²) in [6, 6.07) is -0.922. The molecule has 3 amide bonds. The number of likely N-dealkylation sites (N-methyl/N-ethyl adjacent to an activating group) is 1. The van der Waals surface area contributed by atoms with Crippen molar-refractivity contribution in [3.8, 4) is 0 Å². The summed E-state index contributed by atoms with van der Waals surface area (Å²) in [6.07, 6.45) is 0.911. The van der Waals surface area contributed by atoms with Crippen LogP contribution in [0.3, 0.4) is 0 Å². The van der Waals surface area contributed by atoms with Crippen molar-refractivity contribution in [2.24, 2.45) is 5.92 Å². The van der Waals surface area contributed by atoms with E-state index in [9.17, 15) is 14.4 Å². The minimum Gasteiger partial charge on any atom is -0.481 e. The van der Waals surface area contributed by atoms with Gasteiger partial charge in [-0.25, -0.2) is 4.79 Å². The maximum atomic E-state index is 11.8. The molecule has 1 saturated heterocycles. The molecule has 102 valence electrons. The van der Waals surface area contributed by atoms with Crippen LogP contribution in [0.5, 0.6) is 0 Å². The van der Waals surface area contributed by atoms with Gasteiger partial charge in [0.15, 0.2) is 0 Å². The van der Waals surface area contributed by atoms with Gasteiger partial charge in [-0.05, 0) is 19.8 Å². The van der Waals surface area contributed by atoms with Crippen molar-refractivity contribution in [3.05, 3.63) is 0 Å². The third-order valence-corrected chi connectivity index (χ3v) is 3.11. The Morgan fingerprint density at radius 3 is 2.28 bits per heavy atom. The normalized spacial score (nSPS) is 18.0. The number of piperidine rings is 1. The summed E-state index contributed by atoms with van der Waals surface area (Å²) in [5, 5.41) is 13.9. The molecule has 1 unspecified atom stereocenters. The van der Waals surface area contributed by atoms with E-state index in [2.05, 4.69) is 10.6 Å². The van der Waals surface area contributed by atoms with Gasteiger partial charge in [0.2, 0.25) is 5.91 Å². The van der Waals surface area contributed by atoms with Gasteiger partial charge in [0.1, 0.15) is 6.04 Å². The summed E-state index contributed by atoms with van der Waals surface area (Å²) in [5.41, 5.74) is 0. The molecule has 1 heterocycles. The average molecular weight is 257 g/mol. The molecule has 0 aromatic rings. The van der Waals surface area contributed by atoms with Crippen LogP contribution in [0.1, 0.15) is 19.8 Å². The molecule has 0 bridgehead atoms. The van der Waals surface area contributed by atoms with Gasteiger partial charge in [-0.3, -0.25) is 9.59 Å². The molecular weight excluding hydrogens is 238 g/mol. The van der Waals surface area contributed by atoms with E-state index in [0.29, 0.717) is 25.9 Å². The van der Waals surface area contributed by atoms with Crippen LogP contribution in [0.4, 0.5) is 4.79 Å². The third-order valence-electron chi connectivity index (χ3n) is 3.11. The second-order valence-electron chi connectivity index (χ2n) is 4.38. The van der Waals surface area contributed by atoms with E-state index in [1.54, 1.807) is 11.8 Å². The minimum absolute atomic E-state index is 0.260. The number of nitrogens with zero attached hydrogens (tertiary/aromatic N) is 1. The van der Waals surface area contributed by atoms with E-state index in [-0.39, 0.29) is 17.9 Å². The summed E-state index contributed by atoms with van der Waals surface area (Å²) in [4.78, 5) is 35.3. The highest BCUT2D eigenvalue weighted by atomic mass is 16.4. The number of nitrogens with one attached hydrogen (secondary N) is 2. The zero-order chi connectivity index (χ0) is 13.7. The molecule has 18 heavy (non-hydrogen) atoms. The number of hydrogen-bond donors (Lipinski definition) is 3. The first-order chi connectivity index (χ1) is 8.45. The first-order valence-corrected chi connectivity index (χ1v) is 5.95. The molecule has 1 aliphatic rings. The monoisotopic (exact) mass is 257 g/mol. The molecule has 0 aromatic carbocycles. The van der Waals surface area contributed by atoms with E-state index in [4.69, 9.17) is 5.11 Å². The van der Waals surface area contributed by atoms with Crippen molar-refractivity contribution < 1.29 is 19.5 Å². The number of urea groups is 1. The maximum absolute atomic E-state index is 11.8. The van der Waals surface area contributed by atoms with Crippen LogP contribution in [-0.4, -0.2) is 54.1 Å². The first-order valence-electron chi connectivity index (χ1n) is 5.95. The van der Waals surface area contributed by atoms with Crippen molar-refractivity contribution in [1.82, 2.24) is 15.5 Å². The van der Waals surface area contributed by atoms with Gasteiger partial charge in [0.05, 0.1) is 5.92 Å². The van der Waals surface area contributed by atoms with Crippen molar-refractivity contribution in [2.75, 3.05) is 20.1 Å². The van der Waals surface area contributed by atoms with E-state index < -0.39 is 12.0 Å². The molecule has 0 aromatic heterocycles. The van der Waals surface area contributed by atoms with Gasteiger partial charge in [0.25, 0.3) is 0 Å². The Kier molecular flexibility index (Phi) is 4.94. The number of amides is 3. The number of aliphatic carboxylic acids is 1. The number of carboxylic acid groups (broad SMARTS) is 1. The van der Waals surface area contributed by atoms with Gasteiger partial charge in [-0.15, -0.1) is 0 Å². The van der Waals surface area contributed by atoms with Gasteiger partial charge in [0, 0.05) is 20.1 Å². The van der Waals surface area contributed by atoms with Gasteiger partial charge < -0.3 is 20.6 Å². The summed E-state index contributed by atoms with van der Waals surface area (Å²) >= 11 is 0. The predicted molar refractivity (Wildman–Crippen MR) is 64.0 cm³/mol. The summed E-state index contributed by atoms with van der Waals surface area (Å²) in [7, 11) is 1.50. The summed E-state index contributed by atoms with van der Waals surface area (Å²) in [5.74, 6) is -1.44. The number of carbonyl (C=O) groups is 3. The van der Waals surface area contributed by atoms with Crippen molar-refractivity contribution in [3.63, 3.8) is 0 Å². The van der Waals surface area contributed by atoms with E-state index >= 15 is 0 Å². The van der Waals surface area contributed by atoms with Crippen molar-refractivity contribution in [1.29, 1.82) is 0 Å². The molecule has 7 nitrogen and oxygen atoms in total. The average Bonchev–Trinajstić information content (AvgIpc) is 2.37. The quantitative estimate of drug-likeness (QED) is 0.642. The van der Waals surface area contributed by atoms with Gasteiger partial charge in [-0.1, -0.05) is 0 Å². The summed E-state index contributed by atoms with van der Waals surface area (Å²) < 4.78 is 0. The highest BCUT2D eigenvalue weighted by Gasteiger charge is 2.27. The Morgan fingerprint density at radius 2 is 1.83 bits per heavy atom. The highest BCUT2D eigenvalue weighted by molar-refractivity contribution is 5.86. The van der Waals surface area contributed by atoms with E-state index in [1.807, 2.05) is 0 Å². The fourth-order valence-corrected chi connectivity index (χ4v) is 1.89. The molecule has 1 atom stereocenters. The van der Waals surface area contributed by atoms with Crippen LogP contribution in [0, 0.1) is 5.92 Å². The molecule has 1 aliphatic heterocycles. The lowest BCUT2D eigenvalue weighted by Gasteiger charge is -2.30. The van der Waals surface area contributed by atoms with Crippen LogP contribution >= 0.6 is 0 Å². The summed E-state index contributed by atoms with van der Waals surface area (Å²) in [6.45, 7) is 2.41. The van der Waals surface area contributed by atoms with Gasteiger partial charge >= 0.3 is 12.0 Å². The minimum atomic E-state index is -0.811. The largest absolute Gasteiger partial charge is 0.481 e. The molecule has 0 saturated carbocycles. The van der Waals surface area contributed by atoms with Gasteiger partial charge in [-0.2, -0.15) is 0 Å². The molecule has 0 spiro atoms. The van der Waals surface area contributed by atoms with Crippen molar-refractivity contribution >= 4 is 17.9 Å². The van der Waals surface area contributed by atoms with Crippen LogP contribution in [-0.2, 0) is 9.59 Å². The second-order valence-corrected chi connectivity index (χ2v) is 4.38. The number of hydrogen-bond acceptors (Lipinski definition) is 3. The Hall–Kier alpha value is -1.79. The lowest BCUT2D eigenvalue weighted by Crippen LogP contribution is -2.51. The fraction of sp³-hybridized carbons (Fsp3) is 0.727. The zero-order valence-corrected chi connectivity index (χ0v) is 10.6. The number of rotatable bonds is 3. The standard InChI is InChI=1S/C11H19N3O4/c1-7(9(15)12-2)13-11(18)14-5-3-8(4-6-14)10(16)17/h7-8H,3-6H2,1-2H3,(H,12,15)(H,13,18)(H,16,17). The maximum Gasteiger partial charge on any atom is 0.318 e. The number of likely N-dealkylation sites (tertiary alicyclic amines) is 1.